The van der Waals surface area contributed by atoms with Crippen LogP contribution in [0.25, 0.3) is 0 Å². The van der Waals surface area contributed by atoms with Gasteiger partial charge in [-0.3, -0.25) is 0 Å². The molecular formula is C12H17F2NOS. The third-order valence-corrected chi connectivity index (χ3v) is 3.34. The number of thioether (sulfide) groups is 1. The molecule has 0 saturated heterocycles. The standard InChI is InChI=1S/C12H17F2NOS/c1-9(15-6-7-16)10-2-4-11(5-3-10)17-8-12(13)14/h2-5,9,12,15-16H,6-8H2,1H3. The molecular weight excluding hydrogens is 244 g/mol. The number of hydrogen-bond donors (Lipinski definition) is 2. The van der Waals surface area contributed by atoms with E-state index in [1.165, 1.54) is 0 Å². The average Bonchev–Trinajstić information content (AvgIpc) is 2.34. The quantitative estimate of drug-likeness (QED) is 0.740. The summed E-state index contributed by atoms with van der Waals surface area (Å²) in [5.41, 5.74) is 1.08. The van der Waals surface area contributed by atoms with Gasteiger partial charge in [0.1, 0.15) is 0 Å². The highest BCUT2D eigenvalue weighted by Crippen LogP contribution is 2.22. The van der Waals surface area contributed by atoms with E-state index >= 15 is 0 Å². The molecule has 2 nitrogen and oxygen atoms in total. The second-order valence-electron chi connectivity index (χ2n) is 3.67. The predicted molar refractivity (Wildman–Crippen MR) is 66.7 cm³/mol. The summed E-state index contributed by atoms with van der Waals surface area (Å²) in [5, 5.41) is 11.8. The van der Waals surface area contributed by atoms with Gasteiger partial charge in [0.05, 0.1) is 12.4 Å². The summed E-state index contributed by atoms with van der Waals surface area (Å²) in [4.78, 5) is 0.850. The van der Waals surface area contributed by atoms with Crippen molar-refractivity contribution in [1.82, 2.24) is 5.32 Å². The highest BCUT2D eigenvalue weighted by atomic mass is 32.2. The molecule has 0 bridgehead atoms. The van der Waals surface area contributed by atoms with Gasteiger partial charge >= 0.3 is 0 Å². The zero-order valence-corrected chi connectivity index (χ0v) is 10.5. The van der Waals surface area contributed by atoms with E-state index in [4.69, 9.17) is 5.11 Å². The Morgan fingerprint density at radius 1 is 1.29 bits per heavy atom. The van der Waals surface area contributed by atoms with Crippen molar-refractivity contribution < 1.29 is 13.9 Å². The fraction of sp³-hybridized carbons (Fsp3) is 0.500. The van der Waals surface area contributed by atoms with Gasteiger partial charge in [-0.1, -0.05) is 12.1 Å². The van der Waals surface area contributed by atoms with E-state index in [0.29, 0.717) is 6.54 Å². The number of alkyl halides is 2. The summed E-state index contributed by atoms with van der Waals surface area (Å²) in [6.07, 6.45) is -2.27. The number of aliphatic hydroxyl groups excluding tert-OH is 1. The number of benzene rings is 1. The Balaban J connectivity index is 2.49. The first-order chi connectivity index (χ1) is 8.13. The maximum absolute atomic E-state index is 12.0. The van der Waals surface area contributed by atoms with Gasteiger partial charge in [-0.2, -0.15) is 0 Å². The zero-order chi connectivity index (χ0) is 12.7. The van der Waals surface area contributed by atoms with Crippen LogP contribution in [0.4, 0.5) is 8.78 Å². The lowest BCUT2D eigenvalue weighted by Crippen LogP contribution is -2.21. The van der Waals surface area contributed by atoms with Crippen LogP contribution < -0.4 is 5.32 Å². The van der Waals surface area contributed by atoms with Crippen LogP contribution in [0.2, 0.25) is 0 Å². The van der Waals surface area contributed by atoms with Crippen molar-refractivity contribution in [2.24, 2.45) is 0 Å². The fourth-order valence-corrected chi connectivity index (χ4v) is 2.06. The molecule has 0 aliphatic carbocycles. The Morgan fingerprint density at radius 3 is 2.47 bits per heavy atom. The first-order valence-electron chi connectivity index (χ1n) is 5.48. The smallest absolute Gasteiger partial charge is 0.247 e. The molecule has 1 aromatic carbocycles. The molecule has 2 N–H and O–H groups in total. The van der Waals surface area contributed by atoms with Crippen LogP contribution in [0, 0.1) is 0 Å². The molecule has 1 unspecified atom stereocenters. The van der Waals surface area contributed by atoms with E-state index in [-0.39, 0.29) is 18.4 Å². The van der Waals surface area contributed by atoms with E-state index in [1.807, 2.05) is 31.2 Å². The van der Waals surface area contributed by atoms with Crippen molar-refractivity contribution in [3.8, 4) is 0 Å². The third kappa shape index (κ3) is 5.48. The SMILES string of the molecule is CC(NCCO)c1ccc(SCC(F)F)cc1. The fourth-order valence-electron chi connectivity index (χ4n) is 1.41. The monoisotopic (exact) mass is 261 g/mol. The van der Waals surface area contributed by atoms with Crippen LogP contribution in [0.5, 0.6) is 0 Å². The molecule has 96 valence electrons. The second kappa shape index (κ2) is 7.63. The Morgan fingerprint density at radius 2 is 1.94 bits per heavy atom. The lowest BCUT2D eigenvalue weighted by molar-refractivity contribution is 0.177. The van der Waals surface area contributed by atoms with Crippen molar-refractivity contribution in [2.45, 2.75) is 24.3 Å². The van der Waals surface area contributed by atoms with Crippen molar-refractivity contribution in [3.63, 3.8) is 0 Å². The van der Waals surface area contributed by atoms with E-state index in [2.05, 4.69) is 5.32 Å². The molecule has 0 amide bonds. The maximum atomic E-state index is 12.0. The molecule has 1 rings (SSSR count). The summed E-state index contributed by atoms with van der Waals surface area (Å²) in [6, 6.07) is 7.68. The molecule has 1 aromatic rings. The Kier molecular flexibility index (Phi) is 6.47. The van der Waals surface area contributed by atoms with Crippen molar-refractivity contribution in [3.05, 3.63) is 29.8 Å². The predicted octanol–water partition coefficient (Wildman–Crippen LogP) is 2.69. The number of rotatable bonds is 7. The summed E-state index contributed by atoms with van der Waals surface area (Å²) in [5.74, 6) is -0.169. The first-order valence-corrected chi connectivity index (χ1v) is 6.47. The van der Waals surface area contributed by atoms with Crippen LogP contribution >= 0.6 is 11.8 Å². The molecule has 0 aromatic heterocycles. The van der Waals surface area contributed by atoms with Gasteiger partial charge in [-0.05, 0) is 24.6 Å². The molecule has 0 aliphatic rings. The molecule has 0 radical (unpaired) electrons. The highest BCUT2D eigenvalue weighted by Gasteiger charge is 2.06. The molecule has 0 spiro atoms. The Hall–Kier alpha value is -0.650. The van der Waals surface area contributed by atoms with Gasteiger partial charge < -0.3 is 10.4 Å². The van der Waals surface area contributed by atoms with E-state index in [1.54, 1.807) is 0 Å². The molecule has 0 heterocycles. The number of nitrogens with one attached hydrogen (secondary N) is 1. The van der Waals surface area contributed by atoms with Crippen LogP contribution in [0.15, 0.2) is 29.2 Å². The first kappa shape index (κ1) is 14.4. The normalized spacial score (nSPS) is 13.0. The third-order valence-electron chi connectivity index (χ3n) is 2.32. The van der Waals surface area contributed by atoms with Gasteiger partial charge in [-0.25, -0.2) is 8.78 Å². The number of halogens is 2. The Bertz CT molecular complexity index is 319. The van der Waals surface area contributed by atoms with Crippen molar-refractivity contribution in [1.29, 1.82) is 0 Å². The summed E-state index contributed by atoms with van der Waals surface area (Å²) < 4.78 is 24.0. The van der Waals surface area contributed by atoms with Gasteiger partial charge in [0.25, 0.3) is 0 Å². The van der Waals surface area contributed by atoms with Gasteiger partial charge in [0, 0.05) is 17.5 Å². The van der Waals surface area contributed by atoms with Gasteiger partial charge in [-0.15, -0.1) is 11.8 Å². The lowest BCUT2D eigenvalue weighted by Gasteiger charge is -2.13. The molecule has 0 saturated carbocycles. The highest BCUT2D eigenvalue weighted by molar-refractivity contribution is 7.99. The van der Waals surface area contributed by atoms with E-state index in [9.17, 15) is 8.78 Å². The minimum Gasteiger partial charge on any atom is -0.395 e. The largest absolute Gasteiger partial charge is 0.395 e. The molecule has 0 aliphatic heterocycles. The zero-order valence-electron chi connectivity index (χ0n) is 9.70. The number of aliphatic hydroxyl groups is 1. The second-order valence-corrected chi connectivity index (χ2v) is 4.76. The van der Waals surface area contributed by atoms with Crippen LogP contribution in [0.1, 0.15) is 18.5 Å². The topological polar surface area (TPSA) is 32.3 Å². The van der Waals surface area contributed by atoms with Crippen LogP contribution in [0.3, 0.4) is 0 Å². The summed E-state index contributed by atoms with van der Waals surface area (Å²) in [7, 11) is 0. The van der Waals surface area contributed by atoms with Crippen LogP contribution in [-0.4, -0.2) is 30.4 Å². The lowest BCUT2D eigenvalue weighted by atomic mass is 10.1. The minimum atomic E-state index is -2.27. The van der Waals surface area contributed by atoms with E-state index in [0.717, 1.165) is 22.2 Å². The van der Waals surface area contributed by atoms with Crippen LogP contribution in [-0.2, 0) is 0 Å². The summed E-state index contributed by atoms with van der Waals surface area (Å²) in [6.45, 7) is 2.65. The Labute approximate surface area is 104 Å². The molecule has 0 fully saturated rings. The molecule has 5 heteroatoms. The average molecular weight is 261 g/mol. The maximum Gasteiger partial charge on any atom is 0.247 e. The van der Waals surface area contributed by atoms with Crippen molar-refractivity contribution in [2.75, 3.05) is 18.9 Å². The molecule has 17 heavy (non-hydrogen) atoms. The minimum absolute atomic E-state index is 0.104. The number of hydrogen-bond acceptors (Lipinski definition) is 3. The molecule has 1 atom stereocenters. The summed E-state index contributed by atoms with van der Waals surface area (Å²) >= 11 is 1.16. The van der Waals surface area contributed by atoms with E-state index < -0.39 is 6.43 Å². The van der Waals surface area contributed by atoms with Gasteiger partial charge in [0.15, 0.2) is 0 Å². The van der Waals surface area contributed by atoms with Crippen molar-refractivity contribution >= 4 is 11.8 Å². The van der Waals surface area contributed by atoms with Gasteiger partial charge in [0.2, 0.25) is 6.43 Å².